The average Bonchev–Trinajstić information content (AvgIpc) is 2.50. The average molecular weight is 297 g/mol. The molecule has 2 rings (SSSR count). The summed E-state index contributed by atoms with van der Waals surface area (Å²) >= 11 is 0. The molecule has 2 nitrogen and oxygen atoms in total. The lowest BCUT2D eigenvalue weighted by molar-refractivity contribution is 0.296. The molecular weight excluding hydrogens is 270 g/mol. The molecule has 0 saturated heterocycles. The lowest BCUT2D eigenvalue weighted by atomic mass is 9.95. The van der Waals surface area contributed by atoms with Gasteiger partial charge in [0.15, 0.2) is 0 Å². The Bertz CT molecular complexity index is 616. The number of hydrogen-bond acceptors (Lipinski definition) is 2. The number of benzene rings is 2. The third-order valence-corrected chi connectivity index (χ3v) is 4.35. The van der Waals surface area contributed by atoms with E-state index < -0.39 is 0 Å². The number of aryl methyl sites for hydroxylation is 4. The van der Waals surface area contributed by atoms with Gasteiger partial charge in [0.1, 0.15) is 5.75 Å². The Labute approximate surface area is 134 Å². The topological polar surface area (TPSA) is 35.2 Å². The van der Waals surface area contributed by atoms with Crippen molar-refractivity contribution >= 4 is 0 Å². The molecule has 0 aliphatic rings. The number of hydrogen-bond donors (Lipinski definition) is 1. The van der Waals surface area contributed by atoms with Gasteiger partial charge in [-0.25, -0.2) is 0 Å². The Hall–Kier alpha value is -1.80. The van der Waals surface area contributed by atoms with Gasteiger partial charge in [-0.2, -0.15) is 0 Å². The summed E-state index contributed by atoms with van der Waals surface area (Å²) in [6, 6.07) is 13.0. The monoisotopic (exact) mass is 297 g/mol. The normalized spacial score (nSPS) is 12.2. The summed E-state index contributed by atoms with van der Waals surface area (Å²) in [5, 5.41) is 0. The Morgan fingerprint density at radius 2 is 1.55 bits per heavy atom. The van der Waals surface area contributed by atoms with Crippen molar-refractivity contribution in [2.24, 2.45) is 5.73 Å². The molecule has 22 heavy (non-hydrogen) atoms. The van der Waals surface area contributed by atoms with Gasteiger partial charge in [-0.3, -0.25) is 0 Å². The second-order valence-electron chi connectivity index (χ2n) is 6.18. The summed E-state index contributed by atoms with van der Waals surface area (Å²) in [5.74, 6) is 1.34. The van der Waals surface area contributed by atoms with Crippen LogP contribution in [0.2, 0.25) is 0 Å². The van der Waals surface area contributed by atoms with E-state index in [9.17, 15) is 0 Å². The predicted octanol–water partition coefficient (Wildman–Crippen LogP) is 4.43. The minimum atomic E-state index is 0.354. The third kappa shape index (κ3) is 4.11. The molecule has 0 spiro atoms. The number of ether oxygens (including phenoxy) is 1. The maximum Gasteiger partial charge on any atom is 0.122 e. The molecule has 0 bridgehead atoms. The van der Waals surface area contributed by atoms with Crippen LogP contribution in [0.3, 0.4) is 0 Å². The molecule has 1 unspecified atom stereocenters. The van der Waals surface area contributed by atoms with Crippen LogP contribution in [0.15, 0.2) is 36.4 Å². The van der Waals surface area contributed by atoms with Crippen LogP contribution in [0.4, 0.5) is 0 Å². The highest BCUT2D eigenvalue weighted by Gasteiger charge is 2.10. The van der Waals surface area contributed by atoms with Crippen LogP contribution in [0.25, 0.3) is 0 Å². The molecule has 1 atom stereocenters. The van der Waals surface area contributed by atoms with Gasteiger partial charge in [-0.1, -0.05) is 35.9 Å². The Morgan fingerprint density at radius 1 is 0.909 bits per heavy atom. The molecule has 2 heteroatoms. The molecule has 0 fully saturated rings. The molecule has 0 saturated carbocycles. The van der Waals surface area contributed by atoms with Crippen molar-refractivity contribution < 1.29 is 4.74 Å². The third-order valence-electron chi connectivity index (χ3n) is 4.35. The van der Waals surface area contributed by atoms with Crippen molar-refractivity contribution in [3.8, 4) is 5.75 Å². The molecule has 0 aromatic heterocycles. The zero-order chi connectivity index (χ0) is 16.1. The number of rotatable bonds is 6. The van der Waals surface area contributed by atoms with Crippen molar-refractivity contribution in [3.63, 3.8) is 0 Å². The predicted molar refractivity (Wildman–Crippen MR) is 93.7 cm³/mol. The number of nitrogens with two attached hydrogens (primary N) is 1. The molecule has 0 aliphatic carbocycles. The van der Waals surface area contributed by atoms with Gasteiger partial charge in [0.2, 0.25) is 0 Å². The van der Waals surface area contributed by atoms with E-state index in [2.05, 4.69) is 64.1 Å². The molecule has 2 aromatic carbocycles. The van der Waals surface area contributed by atoms with Crippen LogP contribution in [-0.4, -0.2) is 13.2 Å². The van der Waals surface area contributed by atoms with Crippen LogP contribution >= 0.6 is 0 Å². The molecule has 0 amide bonds. The molecule has 0 aliphatic heterocycles. The summed E-state index contributed by atoms with van der Waals surface area (Å²) in [6.07, 6.45) is 0.936. The maximum absolute atomic E-state index is 5.99. The highest BCUT2D eigenvalue weighted by Crippen LogP contribution is 2.24. The Morgan fingerprint density at radius 3 is 2.18 bits per heavy atom. The first-order valence-electron chi connectivity index (χ1n) is 7.98. The van der Waals surface area contributed by atoms with Crippen molar-refractivity contribution in [1.82, 2.24) is 0 Å². The first kappa shape index (κ1) is 16.6. The second kappa shape index (κ2) is 7.46. The molecule has 2 N–H and O–H groups in total. The van der Waals surface area contributed by atoms with E-state index in [0.717, 1.165) is 12.2 Å². The minimum absolute atomic E-state index is 0.354. The lowest BCUT2D eigenvalue weighted by Crippen LogP contribution is -2.15. The largest absolute Gasteiger partial charge is 0.493 e. The first-order valence-corrected chi connectivity index (χ1v) is 7.98. The van der Waals surface area contributed by atoms with E-state index in [1.807, 2.05) is 0 Å². The quantitative estimate of drug-likeness (QED) is 0.856. The van der Waals surface area contributed by atoms with Gasteiger partial charge >= 0.3 is 0 Å². The highest BCUT2D eigenvalue weighted by atomic mass is 16.5. The minimum Gasteiger partial charge on any atom is -0.493 e. The fourth-order valence-corrected chi connectivity index (χ4v) is 2.66. The van der Waals surface area contributed by atoms with E-state index in [0.29, 0.717) is 19.1 Å². The highest BCUT2D eigenvalue weighted by molar-refractivity contribution is 5.40. The van der Waals surface area contributed by atoms with Crippen LogP contribution in [-0.2, 0) is 0 Å². The summed E-state index contributed by atoms with van der Waals surface area (Å²) in [7, 11) is 0. The first-order chi connectivity index (χ1) is 10.5. The molecular formula is C20H27NO. The summed E-state index contributed by atoms with van der Waals surface area (Å²) < 4.78 is 5.99. The fourth-order valence-electron chi connectivity index (χ4n) is 2.66. The molecule has 0 heterocycles. The zero-order valence-electron chi connectivity index (χ0n) is 14.1. The van der Waals surface area contributed by atoms with Crippen molar-refractivity contribution in [1.29, 1.82) is 0 Å². The van der Waals surface area contributed by atoms with E-state index in [1.54, 1.807) is 0 Å². The SMILES string of the molecule is Cc1ccc(C(CN)CCOc2cc(C)c(C)cc2C)cc1. The Balaban J connectivity index is 1.97. The van der Waals surface area contributed by atoms with E-state index >= 15 is 0 Å². The van der Waals surface area contributed by atoms with Crippen LogP contribution in [0, 0.1) is 27.7 Å². The maximum atomic E-state index is 5.99. The van der Waals surface area contributed by atoms with Crippen molar-refractivity contribution in [2.45, 2.75) is 40.0 Å². The zero-order valence-corrected chi connectivity index (χ0v) is 14.1. The fraction of sp³-hybridized carbons (Fsp3) is 0.400. The summed E-state index contributed by atoms with van der Waals surface area (Å²) in [4.78, 5) is 0. The van der Waals surface area contributed by atoms with Gasteiger partial charge in [0, 0.05) is 0 Å². The standard InChI is InChI=1S/C20H27NO/c1-14-5-7-18(8-6-14)19(13-21)9-10-22-20-12-16(3)15(2)11-17(20)4/h5-8,11-12,19H,9-10,13,21H2,1-4H3. The molecule has 0 radical (unpaired) electrons. The van der Waals surface area contributed by atoms with E-state index in [-0.39, 0.29) is 0 Å². The van der Waals surface area contributed by atoms with Gasteiger partial charge in [-0.15, -0.1) is 0 Å². The van der Waals surface area contributed by atoms with Gasteiger partial charge in [0.25, 0.3) is 0 Å². The van der Waals surface area contributed by atoms with Gasteiger partial charge < -0.3 is 10.5 Å². The Kier molecular flexibility index (Phi) is 5.62. The summed E-state index contributed by atoms with van der Waals surface area (Å²) in [5.41, 5.74) is 12.3. The second-order valence-corrected chi connectivity index (χ2v) is 6.18. The summed E-state index contributed by atoms with van der Waals surface area (Å²) in [6.45, 7) is 9.80. The lowest BCUT2D eigenvalue weighted by Gasteiger charge is -2.17. The van der Waals surface area contributed by atoms with Crippen LogP contribution in [0.5, 0.6) is 5.75 Å². The van der Waals surface area contributed by atoms with Gasteiger partial charge in [-0.05, 0) is 74.9 Å². The van der Waals surface area contributed by atoms with Gasteiger partial charge in [0.05, 0.1) is 6.61 Å². The van der Waals surface area contributed by atoms with E-state index in [4.69, 9.17) is 10.5 Å². The van der Waals surface area contributed by atoms with E-state index in [1.165, 1.54) is 27.8 Å². The van der Waals surface area contributed by atoms with Crippen molar-refractivity contribution in [2.75, 3.05) is 13.2 Å². The smallest absolute Gasteiger partial charge is 0.122 e. The molecule has 2 aromatic rings. The molecule has 118 valence electrons. The van der Waals surface area contributed by atoms with Crippen molar-refractivity contribution in [3.05, 3.63) is 64.2 Å². The van der Waals surface area contributed by atoms with Crippen LogP contribution in [0.1, 0.15) is 40.2 Å². The van der Waals surface area contributed by atoms with Crippen LogP contribution < -0.4 is 10.5 Å².